The van der Waals surface area contributed by atoms with Crippen molar-refractivity contribution in [3.05, 3.63) is 30.5 Å². The Morgan fingerprint density at radius 2 is 2.26 bits per heavy atom. The van der Waals surface area contributed by atoms with E-state index in [2.05, 4.69) is 22.0 Å². The van der Waals surface area contributed by atoms with E-state index in [1.54, 1.807) is 0 Å². The number of anilines is 2. The summed E-state index contributed by atoms with van der Waals surface area (Å²) in [5.74, 6) is 0.592. The number of benzene rings is 1. The van der Waals surface area contributed by atoms with Crippen LogP contribution in [0.5, 0.6) is 0 Å². The Morgan fingerprint density at radius 3 is 3.11 bits per heavy atom. The lowest BCUT2D eigenvalue weighted by molar-refractivity contribution is 0.263. The van der Waals surface area contributed by atoms with Crippen molar-refractivity contribution < 1.29 is 5.11 Å². The molecule has 2 heterocycles. The minimum Gasteiger partial charge on any atom is -0.397 e. The first-order valence-electron chi connectivity index (χ1n) is 6.78. The molecule has 19 heavy (non-hydrogen) atoms. The van der Waals surface area contributed by atoms with Gasteiger partial charge in [0.1, 0.15) is 0 Å². The number of para-hydroxylation sites is 1. The molecule has 0 radical (unpaired) electrons. The zero-order valence-electron chi connectivity index (χ0n) is 10.9. The molecular weight excluding hydrogens is 238 g/mol. The van der Waals surface area contributed by atoms with Gasteiger partial charge in [0.05, 0.1) is 11.2 Å². The fraction of sp³-hybridized carbons (Fsp3) is 0.400. The highest BCUT2D eigenvalue weighted by Crippen LogP contribution is 2.32. The molecule has 100 valence electrons. The number of aliphatic hydroxyl groups excluding tert-OH is 1. The maximum Gasteiger partial charge on any atom is 0.0951 e. The lowest BCUT2D eigenvalue weighted by atomic mass is 10.1. The van der Waals surface area contributed by atoms with Crippen molar-refractivity contribution in [2.45, 2.75) is 12.8 Å². The zero-order chi connectivity index (χ0) is 13.2. The maximum atomic E-state index is 9.05. The van der Waals surface area contributed by atoms with Gasteiger partial charge < -0.3 is 15.7 Å². The Hall–Kier alpha value is -1.81. The van der Waals surface area contributed by atoms with Crippen LogP contribution in [0.4, 0.5) is 11.4 Å². The topological polar surface area (TPSA) is 62.4 Å². The number of aliphatic hydroxyl groups is 1. The molecule has 1 aliphatic heterocycles. The Labute approximate surface area is 112 Å². The number of nitrogens with zero attached hydrogens (tertiary/aromatic N) is 2. The van der Waals surface area contributed by atoms with E-state index < -0.39 is 0 Å². The van der Waals surface area contributed by atoms with Crippen LogP contribution >= 0.6 is 0 Å². The monoisotopic (exact) mass is 257 g/mol. The Morgan fingerprint density at radius 1 is 1.37 bits per heavy atom. The minimum absolute atomic E-state index is 0.280. The van der Waals surface area contributed by atoms with E-state index in [1.807, 2.05) is 18.3 Å². The molecule has 4 heteroatoms. The van der Waals surface area contributed by atoms with Crippen molar-refractivity contribution in [3.63, 3.8) is 0 Å². The molecule has 0 spiro atoms. The Balaban J connectivity index is 1.96. The van der Waals surface area contributed by atoms with Crippen molar-refractivity contribution in [1.82, 2.24) is 4.98 Å². The molecular formula is C15H19N3O. The summed E-state index contributed by atoms with van der Waals surface area (Å²) in [6, 6.07) is 8.00. The summed E-state index contributed by atoms with van der Waals surface area (Å²) < 4.78 is 0. The number of hydrogen-bond donors (Lipinski definition) is 2. The van der Waals surface area contributed by atoms with Crippen LogP contribution in [0.3, 0.4) is 0 Å². The summed E-state index contributed by atoms with van der Waals surface area (Å²) in [7, 11) is 0. The van der Waals surface area contributed by atoms with E-state index >= 15 is 0 Å². The lowest BCUT2D eigenvalue weighted by Gasteiger charge is -2.20. The third-order valence-electron chi connectivity index (χ3n) is 3.94. The highest BCUT2D eigenvalue weighted by Gasteiger charge is 2.23. The van der Waals surface area contributed by atoms with Gasteiger partial charge in [0.15, 0.2) is 0 Å². The Bertz CT molecular complexity index is 585. The van der Waals surface area contributed by atoms with Gasteiger partial charge in [0.25, 0.3) is 0 Å². The number of nitrogen functional groups attached to an aromatic ring is 1. The largest absolute Gasteiger partial charge is 0.397 e. The second kappa shape index (κ2) is 5.05. The highest BCUT2D eigenvalue weighted by atomic mass is 16.3. The Kier molecular flexibility index (Phi) is 3.25. The van der Waals surface area contributed by atoms with Gasteiger partial charge in [-0.3, -0.25) is 4.98 Å². The zero-order valence-corrected chi connectivity index (χ0v) is 10.9. The van der Waals surface area contributed by atoms with Crippen LogP contribution in [0.15, 0.2) is 30.5 Å². The smallest absolute Gasteiger partial charge is 0.0951 e. The van der Waals surface area contributed by atoms with Gasteiger partial charge in [0.2, 0.25) is 0 Å². The molecule has 1 unspecified atom stereocenters. The van der Waals surface area contributed by atoms with Crippen LogP contribution in [0.25, 0.3) is 10.9 Å². The van der Waals surface area contributed by atoms with E-state index in [0.717, 1.165) is 42.5 Å². The fourth-order valence-electron chi connectivity index (χ4n) is 2.93. The van der Waals surface area contributed by atoms with Crippen LogP contribution in [-0.4, -0.2) is 29.8 Å². The molecule has 3 N–H and O–H groups in total. The lowest BCUT2D eigenvalue weighted by Crippen LogP contribution is -2.20. The SMILES string of the molecule is Nc1cccc2c(N3CCC(CCO)C3)ccnc12. The number of nitrogens with two attached hydrogens (primary N) is 1. The highest BCUT2D eigenvalue weighted by molar-refractivity contribution is 5.98. The third kappa shape index (κ3) is 2.24. The van der Waals surface area contributed by atoms with Crippen LogP contribution < -0.4 is 10.6 Å². The second-order valence-corrected chi connectivity index (χ2v) is 5.19. The molecule has 1 atom stereocenters. The molecule has 0 saturated carbocycles. The summed E-state index contributed by atoms with van der Waals surface area (Å²) in [5.41, 5.74) is 8.80. The molecule has 1 saturated heterocycles. The number of fused-ring (bicyclic) bond motifs is 1. The van der Waals surface area contributed by atoms with Crippen molar-refractivity contribution in [3.8, 4) is 0 Å². The van der Waals surface area contributed by atoms with Gasteiger partial charge in [-0.2, -0.15) is 0 Å². The first-order chi connectivity index (χ1) is 9.29. The summed E-state index contributed by atoms with van der Waals surface area (Å²) in [5, 5.41) is 10.2. The molecule has 1 aromatic carbocycles. The summed E-state index contributed by atoms with van der Waals surface area (Å²) in [6.45, 7) is 2.33. The van der Waals surface area contributed by atoms with E-state index in [0.29, 0.717) is 5.92 Å². The summed E-state index contributed by atoms with van der Waals surface area (Å²) in [4.78, 5) is 6.76. The van der Waals surface area contributed by atoms with Gasteiger partial charge >= 0.3 is 0 Å². The van der Waals surface area contributed by atoms with Crippen molar-refractivity contribution in [2.24, 2.45) is 5.92 Å². The molecule has 0 aliphatic carbocycles. The molecule has 0 bridgehead atoms. The molecule has 1 aromatic heterocycles. The second-order valence-electron chi connectivity index (χ2n) is 5.19. The van der Waals surface area contributed by atoms with Crippen LogP contribution in [0.2, 0.25) is 0 Å². The number of rotatable bonds is 3. The summed E-state index contributed by atoms with van der Waals surface area (Å²) >= 11 is 0. The standard InChI is InChI=1S/C15H19N3O/c16-13-3-1-2-12-14(4-7-17-15(12)13)18-8-5-11(10-18)6-9-19/h1-4,7,11,19H,5-6,8-10,16H2. The van der Waals surface area contributed by atoms with Gasteiger partial charge in [-0.25, -0.2) is 0 Å². The molecule has 4 nitrogen and oxygen atoms in total. The van der Waals surface area contributed by atoms with Crippen LogP contribution in [0.1, 0.15) is 12.8 Å². The van der Waals surface area contributed by atoms with Crippen LogP contribution in [0, 0.1) is 5.92 Å². The molecule has 3 rings (SSSR count). The van der Waals surface area contributed by atoms with Gasteiger partial charge in [-0.05, 0) is 30.9 Å². The quantitative estimate of drug-likeness (QED) is 0.826. The predicted molar refractivity (Wildman–Crippen MR) is 78.2 cm³/mol. The van der Waals surface area contributed by atoms with Gasteiger partial charge in [-0.1, -0.05) is 12.1 Å². The van der Waals surface area contributed by atoms with E-state index in [-0.39, 0.29) is 6.61 Å². The predicted octanol–water partition coefficient (Wildman–Crippen LogP) is 2.03. The third-order valence-corrected chi connectivity index (χ3v) is 3.94. The van der Waals surface area contributed by atoms with E-state index in [9.17, 15) is 0 Å². The summed E-state index contributed by atoms with van der Waals surface area (Å²) in [6.07, 6.45) is 3.86. The first-order valence-corrected chi connectivity index (χ1v) is 6.78. The minimum atomic E-state index is 0.280. The molecule has 1 fully saturated rings. The average Bonchev–Trinajstić information content (AvgIpc) is 2.88. The fourth-order valence-corrected chi connectivity index (χ4v) is 2.93. The average molecular weight is 257 g/mol. The molecule has 2 aromatic rings. The van der Waals surface area contributed by atoms with E-state index in [1.165, 1.54) is 5.69 Å². The van der Waals surface area contributed by atoms with Crippen molar-refractivity contribution in [2.75, 3.05) is 30.3 Å². The normalized spacial score (nSPS) is 19.2. The van der Waals surface area contributed by atoms with Crippen molar-refractivity contribution >= 4 is 22.3 Å². The maximum absolute atomic E-state index is 9.05. The van der Waals surface area contributed by atoms with E-state index in [4.69, 9.17) is 10.8 Å². The van der Waals surface area contributed by atoms with Gasteiger partial charge in [0, 0.05) is 37.0 Å². The van der Waals surface area contributed by atoms with Crippen molar-refractivity contribution in [1.29, 1.82) is 0 Å². The van der Waals surface area contributed by atoms with Gasteiger partial charge in [-0.15, -0.1) is 0 Å². The molecule has 0 amide bonds. The molecule has 1 aliphatic rings. The first kappa shape index (κ1) is 12.2. The number of hydrogen-bond acceptors (Lipinski definition) is 4. The number of pyridine rings is 1. The van der Waals surface area contributed by atoms with Crippen LogP contribution in [-0.2, 0) is 0 Å². The number of aromatic nitrogens is 1.